The fraction of sp³-hybridized carbons (Fsp3) is 0.154. The maximum absolute atomic E-state index is 13.6. The molecule has 3 aromatic carbocycles. The number of methoxy groups -OCH3 is 1. The molecule has 5 nitrogen and oxygen atoms in total. The fourth-order valence-corrected chi connectivity index (χ4v) is 3.79. The number of hydrogen-bond acceptors (Lipinski definition) is 4. The van der Waals surface area contributed by atoms with Crippen LogP contribution in [0, 0.1) is 20.8 Å². The van der Waals surface area contributed by atoms with Gasteiger partial charge in [-0.05, 0) is 61.7 Å². The number of para-hydroxylation sites is 1. The zero-order valence-corrected chi connectivity index (χ0v) is 18.0. The number of carbonyl (C=O) groups is 2. The maximum Gasteiger partial charge on any atom is 0.282 e. The van der Waals surface area contributed by atoms with E-state index in [1.165, 1.54) is 4.90 Å². The number of ether oxygens (including phenoxy) is 1. The second-order valence-corrected chi connectivity index (χ2v) is 7.65. The topological polar surface area (TPSA) is 58.6 Å². The fourth-order valence-electron chi connectivity index (χ4n) is 3.79. The van der Waals surface area contributed by atoms with E-state index in [0.29, 0.717) is 22.6 Å². The van der Waals surface area contributed by atoms with Crippen molar-refractivity contribution in [2.45, 2.75) is 20.8 Å². The third-order valence-corrected chi connectivity index (χ3v) is 5.46. The molecular formula is C26H24N2O3. The third kappa shape index (κ3) is 3.70. The molecule has 1 N–H and O–H groups in total. The number of aryl methyl sites for hydroxylation is 3. The minimum atomic E-state index is -0.369. The van der Waals surface area contributed by atoms with Crippen LogP contribution in [0.5, 0.6) is 5.75 Å². The van der Waals surface area contributed by atoms with Crippen molar-refractivity contribution in [3.05, 3.63) is 94.7 Å². The Morgan fingerprint density at radius 3 is 2.16 bits per heavy atom. The Balaban J connectivity index is 1.85. The van der Waals surface area contributed by atoms with E-state index in [1.54, 1.807) is 31.4 Å². The number of rotatable bonds is 5. The molecule has 0 saturated heterocycles. The molecule has 1 heterocycles. The lowest BCUT2D eigenvalue weighted by atomic mass is 10.0. The van der Waals surface area contributed by atoms with Gasteiger partial charge in [0.05, 0.1) is 18.4 Å². The minimum Gasteiger partial charge on any atom is -0.497 e. The number of anilines is 2. The predicted molar refractivity (Wildman–Crippen MR) is 123 cm³/mol. The molecule has 0 aromatic heterocycles. The summed E-state index contributed by atoms with van der Waals surface area (Å²) in [5.74, 6) is -0.0370. The summed E-state index contributed by atoms with van der Waals surface area (Å²) < 4.78 is 5.24. The van der Waals surface area contributed by atoms with Gasteiger partial charge in [-0.2, -0.15) is 0 Å². The van der Waals surface area contributed by atoms with Crippen LogP contribution in [0.25, 0.3) is 5.57 Å². The van der Waals surface area contributed by atoms with Crippen LogP contribution in [0.3, 0.4) is 0 Å². The molecule has 3 aromatic rings. The van der Waals surface area contributed by atoms with Crippen LogP contribution in [0.15, 0.2) is 72.4 Å². The summed E-state index contributed by atoms with van der Waals surface area (Å²) in [6.45, 7) is 5.85. The van der Waals surface area contributed by atoms with Crippen LogP contribution in [-0.2, 0) is 9.59 Å². The lowest BCUT2D eigenvalue weighted by Crippen LogP contribution is -2.33. The van der Waals surface area contributed by atoms with Crippen molar-refractivity contribution >= 4 is 28.8 Å². The summed E-state index contributed by atoms with van der Waals surface area (Å²) >= 11 is 0. The molecule has 0 saturated carbocycles. The standard InChI is InChI=1S/C26H24N2O3/c1-16-9-14-22(18(3)15-16)28-25(29)23(19-10-12-20(31-4)13-11-19)24(26(28)30)27-21-8-6-5-7-17(21)2/h5-15,27H,1-4H3. The molecular weight excluding hydrogens is 388 g/mol. The summed E-state index contributed by atoms with van der Waals surface area (Å²) in [5.41, 5.74) is 5.56. The highest BCUT2D eigenvalue weighted by Gasteiger charge is 2.40. The van der Waals surface area contributed by atoms with Crippen LogP contribution < -0.4 is 15.0 Å². The van der Waals surface area contributed by atoms with Gasteiger partial charge in [0.2, 0.25) is 0 Å². The molecule has 0 fully saturated rings. The highest BCUT2D eigenvalue weighted by molar-refractivity contribution is 6.46. The second-order valence-electron chi connectivity index (χ2n) is 7.65. The average molecular weight is 412 g/mol. The average Bonchev–Trinajstić information content (AvgIpc) is 3.00. The Morgan fingerprint density at radius 1 is 0.806 bits per heavy atom. The number of nitrogens with one attached hydrogen (secondary N) is 1. The zero-order valence-electron chi connectivity index (χ0n) is 18.0. The zero-order chi connectivity index (χ0) is 22.1. The first-order valence-electron chi connectivity index (χ1n) is 10.1. The van der Waals surface area contributed by atoms with E-state index in [1.807, 2.05) is 63.2 Å². The molecule has 156 valence electrons. The molecule has 0 unspecified atom stereocenters. The number of hydrogen-bond donors (Lipinski definition) is 1. The first-order chi connectivity index (χ1) is 14.9. The normalized spacial score (nSPS) is 13.7. The number of benzene rings is 3. The van der Waals surface area contributed by atoms with Crippen molar-refractivity contribution in [2.24, 2.45) is 0 Å². The van der Waals surface area contributed by atoms with Gasteiger partial charge < -0.3 is 10.1 Å². The van der Waals surface area contributed by atoms with Crippen LogP contribution in [0.1, 0.15) is 22.3 Å². The Kier molecular flexibility index (Phi) is 5.34. The Labute approximate surface area is 182 Å². The molecule has 0 aliphatic carbocycles. The van der Waals surface area contributed by atoms with Crippen molar-refractivity contribution in [1.29, 1.82) is 0 Å². The van der Waals surface area contributed by atoms with Gasteiger partial charge >= 0.3 is 0 Å². The molecule has 0 atom stereocenters. The summed E-state index contributed by atoms with van der Waals surface area (Å²) in [4.78, 5) is 28.4. The number of nitrogens with zero attached hydrogens (tertiary/aromatic N) is 1. The SMILES string of the molecule is COc1ccc(C2=C(Nc3ccccc3C)C(=O)N(c3ccc(C)cc3C)C2=O)cc1. The van der Waals surface area contributed by atoms with E-state index < -0.39 is 0 Å². The molecule has 4 rings (SSSR count). The molecule has 1 aliphatic rings. The Bertz CT molecular complexity index is 1210. The van der Waals surface area contributed by atoms with Crippen molar-refractivity contribution < 1.29 is 14.3 Å². The Hall–Kier alpha value is -3.86. The van der Waals surface area contributed by atoms with Crippen molar-refractivity contribution in [3.63, 3.8) is 0 Å². The molecule has 0 radical (unpaired) electrons. The van der Waals surface area contributed by atoms with E-state index in [9.17, 15) is 9.59 Å². The molecule has 0 spiro atoms. The minimum absolute atomic E-state index is 0.268. The number of amides is 2. The van der Waals surface area contributed by atoms with E-state index in [-0.39, 0.29) is 17.5 Å². The van der Waals surface area contributed by atoms with E-state index in [0.717, 1.165) is 22.4 Å². The summed E-state index contributed by atoms with van der Waals surface area (Å²) in [7, 11) is 1.59. The van der Waals surface area contributed by atoms with Crippen LogP contribution >= 0.6 is 0 Å². The van der Waals surface area contributed by atoms with Gasteiger partial charge in [-0.1, -0.05) is 48.0 Å². The van der Waals surface area contributed by atoms with Crippen LogP contribution in [0.2, 0.25) is 0 Å². The predicted octanol–water partition coefficient (Wildman–Crippen LogP) is 5.02. The van der Waals surface area contributed by atoms with Crippen LogP contribution in [0.4, 0.5) is 11.4 Å². The Morgan fingerprint density at radius 2 is 1.52 bits per heavy atom. The lowest BCUT2D eigenvalue weighted by Gasteiger charge is -2.18. The summed E-state index contributed by atoms with van der Waals surface area (Å²) in [6, 6.07) is 20.5. The summed E-state index contributed by atoms with van der Waals surface area (Å²) in [5, 5.41) is 3.23. The molecule has 31 heavy (non-hydrogen) atoms. The van der Waals surface area contributed by atoms with E-state index in [4.69, 9.17) is 4.74 Å². The molecule has 2 amide bonds. The van der Waals surface area contributed by atoms with Gasteiger partial charge in [0.1, 0.15) is 11.4 Å². The van der Waals surface area contributed by atoms with Gasteiger partial charge in [0, 0.05) is 5.69 Å². The number of imide groups is 1. The third-order valence-electron chi connectivity index (χ3n) is 5.46. The van der Waals surface area contributed by atoms with E-state index >= 15 is 0 Å². The van der Waals surface area contributed by atoms with Gasteiger partial charge in [-0.25, -0.2) is 4.90 Å². The van der Waals surface area contributed by atoms with Crippen molar-refractivity contribution in [3.8, 4) is 5.75 Å². The second kappa shape index (κ2) is 8.11. The maximum atomic E-state index is 13.6. The van der Waals surface area contributed by atoms with Crippen molar-refractivity contribution in [2.75, 3.05) is 17.3 Å². The van der Waals surface area contributed by atoms with Crippen molar-refractivity contribution in [1.82, 2.24) is 0 Å². The van der Waals surface area contributed by atoms with Gasteiger partial charge in [0.25, 0.3) is 11.8 Å². The first-order valence-corrected chi connectivity index (χ1v) is 10.1. The van der Waals surface area contributed by atoms with Gasteiger partial charge in [0.15, 0.2) is 0 Å². The van der Waals surface area contributed by atoms with Gasteiger partial charge in [-0.15, -0.1) is 0 Å². The van der Waals surface area contributed by atoms with Gasteiger partial charge in [-0.3, -0.25) is 9.59 Å². The van der Waals surface area contributed by atoms with Crippen LogP contribution in [-0.4, -0.2) is 18.9 Å². The molecule has 1 aliphatic heterocycles. The smallest absolute Gasteiger partial charge is 0.282 e. The molecule has 5 heteroatoms. The number of carbonyl (C=O) groups excluding carboxylic acids is 2. The largest absolute Gasteiger partial charge is 0.497 e. The lowest BCUT2D eigenvalue weighted by molar-refractivity contribution is -0.120. The summed E-state index contributed by atoms with van der Waals surface area (Å²) in [6.07, 6.45) is 0. The monoisotopic (exact) mass is 412 g/mol. The molecule has 0 bridgehead atoms. The first kappa shape index (κ1) is 20.4. The quantitative estimate of drug-likeness (QED) is 0.598. The van der Waals surface area contributed by atoms with E-state index in [2.05, 4.69) is 5.32 Å². The highest BCUT2D eigenvalue weighted by Crippen LogP contribution is 2.36. The highest BCUT2D eigenvalue weighted by atomic mass is 16.5.